The van der Waals surface area contributed by atoms with Crippen molar-refractivity contribution < 1.29 is 13.9 Å². The molecule has 0 atom stereocenters. The fourth-order valence-corrected chi connectivity index (χ4v) is 2.01. The average Bonchev–Trinajstić information content (AvgIpc) is 2.40. The summed E-state index contributed by atoms with van der Waals surface area (Å²) in [5.74, 6) is -0.727. The van der Waals surface area contributed by atoms with Gasteiger partial charge in [0, 0.05) is 31.5 Å². The molecule has 21 heavy (non-hydrogen) atoms. The molecule has 0 spiro atoms. The molecule has 0 unspecified atom stereocenters. The summed E-state index contributed by atoms with van der Waals surface area (Å²) in [6.07, 6.45) is 0.841. The van der Waals surface area contributed by atoms with Crippen LogP contribution in [-0.4, -0.2) is 63.2 Å². The smallest absolute Gasteiger partial charge is 0.254 e. The summed E-state index contributed by atoms with van der Waals surface area (Å²) >= 11 is 0. The van der Waals surface area contributed by atoms with Crippen molar-refractivity contribution in [3.8, 4) is 0 Å². The first-order chi connectivity index (χ1) is 9.93. The Bertz CT molecular complexity index is 446. The molecule has 0 fully saturated rings. The molecular formula is C15H24FN3O2. The fourth-order valence-electron chi connectivity index (χ4n) is 2.01. The van der Waals surface area contributed by atoms with Gasteiger partial charge in [-0.3, -0.25) is 4.79 Å². The van der Waals surface area contributed by atoms with E-state index < -0.39 is 5.82 Å². The summed E-state index contributed by atoms with van der Waals surface area (Å²) in [7, 11) is 5.55. The molecule has 118 valence electrons. The summed E-state index contributed by atoms with van der Waals surface area (Å²) in [5, 5.41) is 0. The zero-order chi connectivity index (χ0) is 15.8. The van der Waals surface area contributed by atoms with E-state index in [1.54, 1.807) is 12.0 Å². The molecule has 0 radical (unpaired) electrons. The van der Waals surface area contributed by atoms with E-state index >= 15 is 0 Å². The standard InChI is InChI=1S/C15H24FN3O2/c1-18(2)5-4-6-19(7-8-21-3)15(20)12-9-13(16)11-14(17)10-12/h9-11H,4-8,17H2,1-3H3. The Morgan fingerprint density at radius 1 is 1.24 bits per heavy atom. The quantitative estimate of drug-likeness (QED) is 0.738. The van der Waals surface area contributed by atoms with E-state index in [1.165, 1.54) is 18.2 Å². The van der Waals surface area contributed by atoms with Crippen molar-refractivity contribution >= 4 is 11.6 Å². The van der Waals surface area contributed by atoms with Gasteiger partial charge in [0.25, 0.3) is 5.91 Å². The lowest BCUT2D eigenvalue weighted by atomic mass is 10.1. The van der Waals surface area contributed by atoms with Crippen molar-refractivity contribution in [2.45, 2.75) is 6.42 Å². The molecule has 5 nitrogen and oxygen atoms in total. The van der Waals surface area contributed by atoms with Crippen molar-refractivity contribution in [2.75, 3.05) is 53.2 Å². The highest BCUT2D eigenvalue weighted by Gasteiger charge is 2.16. The number of hydrogen-bond donors (Lipinski definition) is 1. The molecule has 0 saturated carbocycles. The molecule has 6 heteroatoms. The molecule has 1 aromatic rings. The van der Waals surface area contributed by atoms with Crippen LogP contribution >= 0.6 is 0 Å². The number of nitrogens with two attached hydrogens (primary N) is 1. The lowest BCUT2D eigenvalue weighted by molar-refractivity contribution is 0.0689. The molecule has 1 rings (SSSR count). The Morgan fingerprint density at radius 2 is 1.95 bits per heavy atom. The van der Waals surface area contributed by atoms with Gasteiger partial charge in [0.15, 0.2) is 0 Å². The van der Waals surface area contributed by atoms with Crippen molar-refractivity contribution in [1.82, 2.24) is 9.80 Å². The third kappa shape index (κ3) is 6.10. The van der Waals surface area contributed by atoms with E-state index in [0.717, 1.165) is 13.0 Å². The number of amides is 1. The van der Waals surface area contributed by atoms with Crippen LogP contribution in [0.4, 0.5) is 10.1 Å². The number of nitrogens with zero attached hydrogens (tertiary/aromatic N) is 2. The molecule has 0 aliphatic heterocycles. The summed E-state index contributed by atoms with van der Waals surface area (Å²) in [6.45, 7) is 2.39. The van der Waals surface area contributed by atoms with E-state index in [2.05, 4.69) is 4.90 Å². The lowest BCUT2D eigenvalue weighted by Gasteiger charge is -2.23. The molecule has 0 bridgehead atoms. The summed E-state index contributed by atoms with van der Waals surface area (Å²) in [6, 6.07) is 3.91. The van der Waals surface area contributed by atoms with Crippen LogP contribution in [0.15, 0.2) is 18.2 Å². The molecule has 0 aliphatic rings. The number of ether oxygens (including phenoxy) is 1. The lowest BCUT2D eigenvalue weighted by Crippen LogP contribution is -2.36. The maximum absolute atomic E-state index is 13.4. The van der Waals surface area contributed by atoms with Crippen LogP contribution in [0.1, 0.15) is 16.8 Å². The molecule has 0 aromatic heterocycles. The number of nitrogen functional groups attached to an aromatic ring is 1. The summed E-state index contributed by atoms with van der Waals surface area (Å²) in [4.78, 5) is 16.2. The number of anilines is 1. The highest BCUT2D eigenvalue weighted by Crippen LogP contribution is 2.13. The number of hydrogen-bond acceptors (Lipinski definition) is 4. The zero-order valence-corrected chi connectivity index (χ0v) is 12.9. The molecule has 1 aromatic carbocycles. The van der Waals surface area contributed by atoms with Gasteiger partial charge in [0.05, 0.1) is 6.61 Å². The molecular weight excluding hydrogens is 273 g/mol. The highest BCUT2D eigenvalue weighted by atomic mass is 19.1. The van der Waals surface area contributed by atoms with E-state index in [9.17, 15) is 9.18 Å². The van der Waals surface area contributed by atoms with E-state index in [4.69, 9.17) is 10.5 Å². The Hall–Kier alpha value is -1.66. The fraction of sp³-hybridized carbons (Fsp3) is 0.533. The first-order valence-corrected chi connectivity index (χ1v) is 6.93. The molecule has 0 saturated heterocycles. The normalized spacial score (nSPS) is 10.9. The van der Waals surface area contributed by atoms with Gasteiger partial charge in [-0.05, 0) is 45.3 Å². The Balaban J connectivity index is 2.77. The van der Waals surface area contributed by atoms with E-state index in [-0.39, 0.29) is 17.2 Å². The average molecular weight is 297 g/mol. The largest absolute Gasteiger partial charge is 0.399 e. The van der Waals surface area contributed by atoms with Gasteiger partial charge in [-0.2, -0.15) is 0 Å². The van der Waals surface area contributed by atoms with Crippen LogP contribution in [-0.2, 0) is 4.74 Å². The van der Waals surface area contributed by atoms with Gasteiger partial charge in [-0.25, -0.2) is 4.39 Å². The maximum Gasteiger partial charge on any atom is 0.254 e. The van der Waals surface area contributed by atoms with E-state index in [0.29, 0.717) is 19.7 Å². The monoisotopic (exact) mass is 297 g/mol. The van der Waals surface area contributed by atoms with Crippen LogP contribution in [0, 0.1) is 5.82 Å². The number of benzene rings is 1. The second-order valence-corrected chi connectivity index (χ2v) is 5.22. The number of carbonyl (C=O) groups excluding carboxylic acids is 1. The molecule has 0 heterocycles. The number of carbonyl (C=O) groups is 1. The van der Waals surface area contributed by atoms with Crippen LogP contribution in [0.2, 0.25) is 0 Å². The first kappa shape index (κ1) is 17.4. The molecule has 2 N–H and O–H groups in total. The summed E-state index contributed by atoms with van der Waals surface area (Å²) < 4.78 is 18.4. The topological polar surface area (TPSA) is 58.8 Å². The Kier molecular flexibility index (Phi) is 7.11. The summed E-state index contributed by atoms with van der Waals surface area (Å²) in [5.41, 5.74) is 6.12. The van der Waals surface area contributed by atoms with Gasteiger partial charge < -0.3 is 20.3 Å². The SMILES string of the molecule is COCCN(CCCN(C)C)C(=O)c1cc(N)cc(F)c1. The minimum absolute atomic E-state index is 0.225. The molecule has 0 aliphatic carbocycles. The van der Waals surface area contributed by atoms with E-state index in [1.807, 2.05) is 14.1 Å². The van der Waals surface area contributed by atoms with Gasteiger partial charge in [-0.15, -0.1) is 0 Å². The number of methoxy groups -OCH3 is 1. The maximum atomic E-state index is 13.4. The van der Waals surface area contributed by atoms with Crippen LogP contribution in [0.3, 0.4) is 0 Å². The van der Waals surface area contributed by atoms with Crippen molar-refractivity contribution in [1.29, 1.82) is 0 Å². The van der Waals surface area contributed by atoms with Crippen molar-refractivity contribution in [2.24, 2.45) is 0 Å². The minimum atomic E-state index is -0.502. The Labute approximate surface area is 125 Å². The van der Waals surface area contributed by atoms with Crippen LogP contribution in [0.25, 0.3) is 0 Å². The third-order valence-corrected chi connectivity index (χ3v) is 3.05. The van der Waals surface area contributed by atoms with Gasteiger partial charge in [-0.1, -0.05) is 0 Å². The second-order valence-electron chi connectivity index (χ2n) is 5.22. The van der Waals surface area contributed by atoms with Gasteiger partial charge >= 0.3 is 0 Å². The molecule has 1 amide bonds. The zero-order valence-electron chi connectivity index (χ0n) is 12.9. The van der Waals surface area contributed by atoms with Gasteiger partial charge in [0.1, 0.15) is 5.82 Å². The Morgan fingerprint density at radius 3 is 2.52 bits per heavy atom. The second kappa shape index (κ2) is 8.59. The van der Waals surface area contributed by atoms with Gasteiger partial charge in [0.2, 0.25) is 0 Å². The van der Waals surface area contributed by atoms with Crippen LogP contribution < -0.4 is 5.73 Å². The predicted octanol–water partition coefficient (Wildman–Crippen LogP) is 1.45. The number of rotatable bonds is 8. The van der Waals surface area contributed by atoms with Crippen molar-refractivity contribution in [3.63, 3.8) is 0 Å². The predicted molar refractivity (Wildman–Crippen MR) is 81.8 cm³/mol. The highest BCUT2D eigenvalue weighted by molar-refractivity contribution is 5.95. The third-order valence-electron chi connectivity index (χ3n) is 3.05. The van der Waals surface area contributed by atoms with Crippen LogP contribution in [0.5, 0.6) is 0 Å². The minimum Gasteiger partial charge on any atom is -0.399 e. The number of halogens is 1. The van der Waals surface area contributed by atoms with Crippen molar-refractivity contribution in [3.05, 3.63) is 29.6 Å². The first-order valence-electron chi connectivity index (χ1n) is 6.93.